The van der Waals surface area contributed by atoms with Crippen LogP contribution in [0.5, 0.6) is 5.75 Å². The van der Waals surface area contributed by atoms with Crippen molar-refractivity contribution in [1.29, 1.82) is 0 Å². The number of benzene rings is 1. The minimum absolute atomic E-state index is 0.292. The molecule has 0 atom stereocenters. The van der Waals surface area contributed by atoms with E-state index < -0.39 is 0 Å². The van der Waals surface area contributed by atoms with E-state index in [1.54, 1.807) is 23.5 Å². The molecule has 108 valence electrons. The average Bonchev–Trinajstić information content (AvgIpc) is 2.82. The van der Waals surface area contributed by atoms with Gasteiger partial charge in [-0.15, -0.1) is 11.3 Å². The molecule has 0 aliphatic rings. The molecule has 0 aliphatic carbocycles. The van der Waals surface area contributed by atoms with Crippen molar-refractivity contribution in [1.82, 2.24) is 10.3 Å². The van der Waals surface area contributed by atoms with Crippen LogP contribution < -0.4 is 5.32 Å². The predicted molar refractivity (Wildman–Crippen MR) is 85.1 cm³/mol. The summed E-state index contributed by atoms with van der Waals surface area (Å²) >= 11 is 1.74. The summed E-state index contributed by atoms with van der Waals surface area (Å²) in [5.74, 6) is 0.949. The topological polar surface area (TPSA) is 45.2 Å². The number of hydrogen-bond acceptors (Lipinski definition) is 4. The predicted octanol–water partition coefficient (Wildman–Crippen LogP) is 3.82. The fourth-order valence-electron chi connectivity index (χ4n) is 2.00. The van der Waals surface area contributed by atoms with Crippen molar-refractivity contribution in [2.45, 2.75) is 33.7 Å². The highest BCUT2D eigenvalue weighted by Gasteiger charge is 2.11. The standard InChI is InChI=1S/C16H22N2OS/c1-4-14-15(10-17-9-11(2)3)20-16(18-14)12-5-7-13(19)8-6-12/h5-8,11,17,19H,4,9-10H2,1-3H3. The Hall–Kier alpha value is -1.39. The monoisotopic (exact) mass is 290 g/mol. The van der Waals surface area contributed by atoms with Crippen molar-refractivity contribution in [2.75, 3.05) is 6.54 Å². The van der Waals surface area contributed by atoms with E-state index in [-0.39, 0.29) is 0 Å². The number of nitrogens with one attached hydrogen (secondary N) is 1. The summed E-state index contributed by atoms with van der Waals surface area (Å²) in [6.07, 6.45) is 0.952. The highest BCUT2D eigenvalue weighted by atomic mass is 32.1. The molecule has 0 unspecified atom stereocenters. The van der Waals surface area contributed by atoms with Gasteiger partial charge in [0.25, 0.3) is 0 Å². The lowest BCUT2D eigenvalue weighted by atomic mass is 10.2. The minimum atomic E-state index is 0.292. The second-order valence-corrected chi connectivity index (χ2v) is 6.40. The molecule has 0 aliphatic heterocycles. The van der Waals surface area contributed by atoms with Gasteiger partial charge in [0.15, 0.2) is 0 Å². The van der Waals surface area contributed by atoms with Gasteiger partial charge in [0.1, 0.15) is 10.8 Å². The van der Waals surface area contributed by atoms with E-state index in [0.717, 1.165) is 30.1 Å². The first-order chi connectivity index (χ1) is 9.60. The summed E-state index contributed by atoms with van der Waals surface area (Å²) < 4.78 is 0. The van der Waals surface area contributed by atoms with E-state index >= 15 is 0 Å². The Morgan fingerprint density at radius 1 is 1.25 bits per heavy atom. The van der Waals surface area contributed by atoms with Crippen LogP contribution in [0.25, 0.3) is 10.6 Å². The number of phenols is 1. The number of aromatic hydroxyl groups is 1. The van der Waals surface area contributed by atoms with Gasteiger partial charge in [0.05, 0.1) is 5.69 Å². The SMILES string of the molecule is CCc1nc(-c2ccc(O)cc2)sc1CNCC(C)C. The van der Waals surface area contributed by atoms with Gasteiger partial charge in [-0.1, -0.05) is 20.8 Å². The molecule has 20 heavy (non-hydrogen) atoms. The third kappa shape index (κ3) is 3.81. The summed E-state index contributed by atoms with van der Waals surface area (Å²) in [7, 11) is 0. The first kappa shape index (κ1) is 15.0. The Labute approximate surface area is 124 Å². The zero-order chi connectivity index (χ0) is 14.5. The normalized spacial score (nSPS) is 11.2. The van der Waals surface area contributed by atoms with Crippen molar-refractivity contribution in [3.8, 4) is 16.3 Å². The molecule has 0 fully saturated rings. The Morgan fingerprint density at radius 2 is 1.95 bits per heavy atom. The van der Waals surface area contributed by atoms with E-state index in [2.05, 4.69) is 26.1 Å². The van der Waals surface area contributed by atoms with Gasteiger partial charge in [-0.3, -0.25) is 0 Å². The maximum absolute atomic E-state index is 9.35. The largest absolute Gasteiger partial charge is 0.508 e. The fourth-order valence-corrected chi connectivity index (χ4v) is 3.12. The summed E-state index contributed by atoms with van der Waals surface area (Å²) in [5, 5.41) is 13.9. The number of aryl methyl sites for hydroxylation is 1. The van der Waals surface area contributed by atoms with E-state index in [1.807, 2.05) is 12.1 Å². The molecule has 2 rings (SSSR count). The maximum atomic E-state index is 9.35. The lowest BCUT2D eigenvalue weighted by Gasteiger charge is -2.06. The molecule has 3 nitrogen and oxygen atoms in total. The van der Waals surface area contributed by atoms with Gasteiger partial charge < -0.3 is 10.4 Å². The summed E-state index contributed by atoms with van der Waals surface area (Å²) in [4.78, 5) is 6.04. The van der Waals surface area contributed by atoms with Crippen LogP contribution in [0.2, 0.25) is 0 Å². The molecule has 1 aromatic heterocycles. The molecular formula is C16H22N2OS. The maximum Gasteiger partial charge on any atom is 0.123 e. The lowest BCUT2D eigenvalue weighted by Crippen LogP contribution is -2.18. The fraction of sp³-hybridized carbons (Fsp3) is 0.438. The zero-order valence-electron chi connectivity index (χ0n) is 12.3. The van der Waals surface area contributed by atoms with Gasteiger partial charge in [0.2, 0.25) is 0 Å². The van der Waals surface area contributed by atoms with Crippen molar-refractivity contribution < 1.29 is 5.11 Å². The van der Waals surface area contributed by atoms with E-state index in [4.69, 9.17) is 4.98 Å². The van der Waals surface area contributed by atoms with Crippen LogP contribution in [0.1, 0.15) is 31.3 Å². The van der Waals surface area contributed by atoms with Crippen molar-refractivity contribution in [3.63, 3.8) is 0 Å². The smallest absolute Gasteiger partial charge is 0.123 e. The van der Waals surface area contributed by atoms with Crippen molar-refractivity contribution >= 4 is 11.3 Å². The molecular weight excluding hydrogens is 268 g/mol. The van der Waals surface area contributed by atoms with E-state index in [9.17, 15) is 5.11 Å². The lowest BCUT2D eigenvalue weighted by molar-refractivity contribution is 0.475. The van der Waals surface area contributed by atoms with Gasteiger partial charge in [0, 0.05) is 17.0 Å². The molecule has 0 bridgehead atoms. The van der Waals surface area contributed by atoms with Gasteiger partial charge in [-0.25, -0.2) is 4.98 Å². The zero-order valence-corrected chi connectivity index (χ0v) is 13.1. The Balaban J connectivity index is 2.15. The number of hydrogen-bond donors (Lipinski definition) is 2. The molecule has 1 heterocycles. The molecule has 0 amide bonds. The van der Waals surface area contributed by atoms with Crippen LogP contribution in [0, 0.1) is 5.92 Å². The second kappa shape index (κ2) is 6.86. The van der Waals surface area contributed by atoms with Gasteiger partial charge in [-0.05, 0) is 43.1 Å². The van der Waals surface area contributed by atoms with E-state index in [1.165, 1.54) is 10.6 Å². The van der Waals surface area contributed by atoms with Crippen LogP contribution >= 0.6 is 11.3 Å². The summed E-state index contributed by atoms with van der Waals surface area (Å²) in [6.45, 7) is 8.47. The first-order valence-corrected chi connectivity index (χ1v) is 7.90. The van der Waals surface area contributed by atoms with Gasteiger partial charge in [-0.2, -0.15) is 0 Å². The Bertz CT molecular complexity index is 546. The summed E-state index contributed by atoms with van der Waals surface area (Å²) in [5.41, 5.74) is 2.24. The van der Waals surface area contributed by atoms with Crippen LogP contribution in [0.15, 0.2) is 24.3 Å². The molecule has 0 saturated heterocycles. The third-order valence-electron chi connectivity index (χ3n) is 3.07. The number of phenolic OH excluding ortho intramolecular Hbond substituents is 1. The summed E-state index contributed by atoms with van der Waals surface area (Å²) in [6, 6.07) is 7.25. The van der Waals surface area contributed by atoms with Crippen LogP contribution in [0.3, 0.4) is 0 Å². The highest BCUT2D eigenvalue weighted by molar-refractivity contribution is 7.15. The van der Waals surface area contributed by atoms with Crippen molar-refractivity contribution in [3.05, 3.63) is 34.8 Å². The molecule has 0 spiro atoms. The Morgan fingerprint density at radius 3 is 2.55 bits per heavy atom. The first-order valence-electron chi connectivity index (χ1n) is 7.08. The molecule has 2 aromatic rings. The van der Waals surface area contributed by atoms with E-state index in [0.29, 0.717) is 11.7 Å². The van der Waals surface area contributed by atoms with Crippen LogP contribution in [-0.2, 0) is 13.0 Å². The second-order valence-electron chi connectivity index (χ2n) is 5.31. The number of thiazole rings is 1. The molecule has 4 heteroatoms. The molecule has 1 aromatic carbocycles. The average molecular weight is 290 g/mol. The molecule has 2 N–H and O–H groups in total. The van der Waals surface area contributed by atoms with Crippen molar-refractivity contribution in [2.24, 2.45) is 5.92 Å². The number of nitrogens with zero attached hydrogens (tertiary/aromatic N) is 1. The van der Waals surface area contributed by atoms with Crippen LogP contribution in [-0.4, -0.2) is 16.6 Å². The Kier molecular flexibility index (Phi) is 5.15. The highest BCUT2D eigenvalue weighted by Crippen LogP contribution is 2.29. The quantitative estimate of drug-likeness (QED) is 0.850. The van der Waals surface area contributed by atoms with Crippen LogP contribution in [0.4, 0.5) is 0 Å². The third-order valence-corrected chi connectivity index (χ3v) is 4.21. The minimum Gasteiger partial charge on any atom is -0.508 e. The number of rotatable bonds is 6. The number of aromatic nitrogens is 1. The van der Waals surface area contributed by atoms with Gasteiger partial charge >= 0.3 is 0 Å². The molecule has 0 radical (unpaired) electrons. The molecule has 0 saturated carbocycles.